The van der Waals surface area contributed by atoms with Crippen LogP contribution in [-0.4, -0.2) is 25.5 Å². The first-order valence-corrected chi connectivity index (χ1v) is 13.5. The second kappa shape index (κ2) is 10.1. The highest BCUT2D eigenvalue weighted by atomic mass is 127. The van der Waals surface area contributed by atoms with Crippen molar-refractivity contribution >= 4 is 102 Å². The number of carbonyl (C=O) groups excluding carboxylic acids is 2. The van der Waals surface area contributed by atoms with Crippen molar-refractivity contribution in [3.63, 3.8) is 0 Å². The van der Waals surface area contributed by atoms with Gasteiger partial charge in [-0.2, -0.15) is 0 Å². The van der Waals surface area contributed by atoms with Gasteiger partial charge in [0.05, 0.1) is 13.7 Å². The summed E-state index contributed by atoms with van der Waals surface area (Å²) in [6, 6.07) is 0. The molecule has 2 aliphatic rings. The van der Waals surface area contributed by atoms with Gasteiger partial charge in [-0.3, -0.25) is 9.59 Å². The fourth-order valence-electron chi connectivity index (χ4n) is 2.60. The van der Waals surface area contributed by atoms with E-state index in [0.717, 1.165) is 0 Å². The number of amides is 2. The van der Waals surface area contributed by atoms with Gasteiger partial charge in [0.25, 0.3) is 0 Å². The molecule has 2 aliphatic carbocycles. The number of carbonyl (C=O) groups is 2. The van der Waals surface area contributed by atoms with E-state index in [1.165, 1.54) is 0 Å². The summed E-state index contributed by atoms with van der Waals surface area (Å²) in [5.41, 5.74) is 1.20. The lowest BCUT2D eigenvalue weighted by Gasteiger charge is -2.23. The molecule has 4 unspecified atom stereocenters. The molecule has 30 heavy (non-hydrogen) atoms. The molecule has 4 nitrogen and oxygen atoms in total. The van der Waals surface area contributed by atoms with E-state index in [9.17, 15) is 9.59 Å². The Morgan fingerprint density at radius 2 is 0.900 bits per heavy atom. The second-order valence-corrected chi connectivity index (χ2v) is 17.3. The zero-order chi connectivity index (χ0) is 22.8. The Labute approximate surface area is 233 Å². The van der Waals surface area contributed by atoms with Crippen LogP contribution in [0.1, 0.15) is 27.7 Å². The predicted molar refractivity (Wildman–Crippen MR) is 159 cm³/mol. The number of allylic oxidation sites excluding steroid dienone is 10. The van der Waals surface area contributed by atoms with Gasteiger partial charge in [0, 0.05) is 11.4 Å². The molecule has 0 aromatic carbocycles. The van der Waals surface area contributed by atoms with Gasteiger partial charge in [0.15, 0.2) is 0 Å². The Kier molecular flexibility index (Phi) is 8.90. The third-order valence-electron chi connectivity index (χ3n) is 4.25. The molecule has 0 aliphatic heterocycles. The summed E-state index contributed by atoms with van der Waals surface area (Å²) in [7, 11) is 0. The second-order valence-electron chi connectivity index (χ2n) is 8.05. The summed E-state index contributed by atoms with van der Waals surface area (Å²) < 4.78 is -0.900. The van der Waals surface area contributed by atoms with E-state index in [2.05, 4.69) is 139 Å². The van der Waals surface area contributed by atoms with E-state index in [1.807, 2.05) is 50.3 Å². The van der Waals surface area contributed by atoms with E-state index in [0.29, 0.717) is 11.4 Å². The Morgan fingerprint density at radius 1 is 0.600 bits per heavy atom. The van der Waals surface area contributed by atoms with Crippen LogP contribution in [0.4, 0.5) is 0 Å². The highest BCUT2D eigenvalue weighted by Crippen LogP contribution is 2.32. The maximum atomic E-state index is 12.6. The van der Waals surface area contributed by atoms with Gasteiger partial charge in [-0.25, -0.2) is 0 Å². The Bertz CT molecular complexity index is 830. The van der Waals surface area contributed by atoms with Crippen LogP contribution < -0.4 is 10.6 Å². The Hall–Kier alpha value is 0.300. The lowest BCUT2D eigenvalue weighted by atomic mass is 10.0. The molecule has 0 aromatic rings. The SMILES string of the molecule is CC1(I)/C=C\C(NC(=O)C(=O)NC2=C/C(C)(I)/C=C\C(C)(I)/C=C\2)=C/C(C)(I)/C=C\1. The molecule has 0 saturated carbocycles. The molecule has 0 heterocycles. The molecular weight excluding hydrogens is 832 g/mol. The zero-order valence-corrected chi connectivity index (χ0v) is 25.7. The predicted octanol–water partition coefficient (Wildman–Crippen LogP) is 6.01. The van der Waals surface area contributed by atoms with Crippen LogP contribution in [0.3, 0.4) is 0 Å². The smallest absolute Gasteiger partial charge is 0.314 e. The first-order valence-electron chi connectivity index (χ1n) is 9.21. The van der Waals surface area contributed by atoms with E-state index < -0.39 is 11.8 Å². The molecule has 2 rings (SSSR count). The molecule has 0 radical (unpaired) electrons. The normalized spacial score (nSPS) is 43.7. The highest BCUT2D eigenvalue weighted by molar-refractivity contribution is 14.1. The summed E-state index contributed by atoms with van der Waals surface area (Å²) in [5, 5.41) is 5.49. The lowest BCUT2D eigenvalue weighted by molar-refractivity contribution is -0.138. The monoisotopic (exact) mass is 856 g/mol. The minimum absolute atomic E-state index is 0.171. The van der Waals surface area contributed by atoms with Crippen molar-refractivity contribution in [2.45, 2.75) is 41.4 Å². The van der Waals surface area contributed by atoms with E-state index in [-0.39, 0.29) is 13.7 Å². The lowest BCUT2D eigenvalue weighted by Crippen LogP contribution is -2.39. The average molecular weight is 856 g/mol. The van der Waals surface area contributed by atoms with Crippen molar-refractivity contribution in [1.82, 2.24) is 10.6 Å². The average Bonchev–Trinajstić information content (AvgIpc) is 2.60. The van der Waals surface area contributed by atoms with Crippen molar-refractivity contribution in [2.75, 3.05) is 0 Å². The summed E-state index contributed by atoms with van der Waals surface area (Å²) >= 11 is 9.30. The molecule has 4 atom stereocenters. The van der Waals surface area contributed by atoms with Gasteiger partial charge < -0.3 is 10.6 Å². The third kappa shape index (κ3) is 9.04. The number of rotatable bonds is 2. The van der Waals surface area contributed by atoms with Crippen LogP contribution in [0, 0.1) is 0 Å². The Balaban J connectivity index is 2.19. The summed E-state index contributed by atoms with van der Waals surface area (Å²) in [6.07, 6.45) is 20.0. The van der Waals surface area contributed by atoms with Crippen LogP contribution in [-0.2, 0) is 9.59 Å². The molecule has 2 amide bonds. The first kappa shape index (κ1) is 26.6. The van der Waals surface area contributed by atoms with Crippen molar-refractivity contribution in [3.05, 3.63) is 72.2 Å². The third-order valence-corrected chi connectivity index (χ3v) is 7.03. The largest absolute Gasteiger partial charge is 0.318 e. The number of hydrogen-bond acceptors (Lipinski definition) is 2. The summed E-state index contributed by atoms with van der Waals surface area (Å²) in [5.74, 6) is -1.39. The number of nitrogens with one attached hydrogen (secondary N) is 2. The molecule has 8 heteroatoms. The first-order chi connectivity index (χ1) is 13.6. The minimum Gasteiger partial charge on any atom is -0.318 e. The number of halogens is 4. The van der Waals surface area contributed by atoms with Crippen LogP contribution in [0.15, 0.2) is 72.2 Å². The maximum Gasteiger partial charge on any atom is 0.314 e. The number of hydrogen-bond donors (Lipinski definition) is 2. The van der Waals surface area contributed by atoms with Gasteiger partial charge in [0.2, 0.25) is 0 Å². The molecule has 162 valence electrons. The molecular formula is C22H24I4N2O2. The maximum absolute atomic E-state index is 12.6. The van der Waals surface area contributed by atoms with Crippen LogP contribution >= 0.6 is 90.4 Å². The van der Waals surface area contributed by atoms with Gasteiger partial charge >= 0.3 is 11.8 Å². The van der Waals surface area contributed by atoms with E-state index in [1.54, 1.807) is 0 Å². The number of alkyl halides is 4. The summed E-state index contributed by atoms with van der Waals surface area (Å²) in [4.78, 5) is 25.2. The van der Waals surface area contributed by atoms with Crippen LogP contribution in [0.25, 0.3) is 0 Å². The molecule has 0 fully saturated rings. The molecule has 0 aromatic heterocycles. The van der Waals surface area contributed by atoms with Gasteiger partial charge in [-0.05, 0) is 52.0 Å². The van der Waals surface area contributed by atoms with Crippen molar-refractivity contribution in [1.29, 1.82) is 0 Å². The van der Waals surface area contributed by atoms with Crippen LogP contribution in [0.5, 0.6) is 0 Å². The Morgan fingerprint density at radius 3 is 1.23 bits per heavy atom. The highest BCUT2D eigenvalue weighted by Gasteiger charge is 2.24. The minimum atomic E-state index is -0.697. The standard InChI is InChI=1S/C22H24I4N2O2/c1-19(23)7-5-15(13-21(3,25)11-9-19)27-17(29)18(30)28-16-6-8-20(2,24)10-12-22(4,26)14-16/h5-14H,1-4H3,(H,27,29)(H,28,30)/b7-5-,8-6-,11-9-,12-10-,15-13+,16-14+. The molecule has 2 N–H and O–H groups in total. The van der Waals surface area contributed by atoms with Crippen molar-refractivity contribution < 1.29 is 9.59 Å². The van der Waals surface area contributed by atoms with Gasteiger partial charge in [0.1, 0.15) is 0 Å². The van der Waals surface area contributed by atoms with Gasteiger partial charge in [-0.15, -0.1) is 0 Å². The zero-order valence-electron chi connectivity index (χ0n) is 17.1. The van der Waals surface area contributed by atoms with Crippen molar-refractivity contribution in [2.24, 2.45) is 0 Å². The molecule has 0 saturated heterocycles. The molecule has 0 spiro atoms. The van der Waals surface area contributed by atoms with E-state index >= 15 is 0 Å². The van der Waals surface area contributed by atoms with Gasteiger partial charge in [-0.1, -0.05) is 127 Å². The fourth-order valence-corrected chi connectivity index (χ4v) is 4.35. The van der Waals surface area contributed by atoms with Crippen molar-refractivity contribution in [3.8, 4) is 0 Å². The quantitative estimate of drug-likeness (QED) is 0.155. The molecule has 0 bridgehead atoms. The summed E-state index contributed by atoms with van der Waals surface area (Å²) in [6.45, 7) is 8.24. The van der Waals surface area contributed by atoms with Crippen LogP contribution in [0.2, 0.25) is 0 Å². The fraction of sp³-hybridized carbons (Fsp3) is 0.364. The topological polar surface area (TPSA) is 58.2 Å². The van der Waals surface area contributed by atoms with E-state index in [4.69, 9.17) is 0 Å².